The van der Waals surface area contributed by atoms with Gasteiger partial charge in [-0.15, -0.1) is 0 Å². The molecule has 0 aromatic heterocycles. The molecule has 0 heterocycles. The Morgan fingerprint density at radius 3 is 2.05 bits per heavy atom. The summed E-state index contributed by atoms with van der Waals surface area (Å²) in [5.74, 6) is 1.82. The number of halogens is 1. The van der Waals surface area contributed by atoms with Crippen LogP contribution in [0.3, 0.4) is 0 Å². The largest absolute Gasteiger partial charge is 0.490 e. The first kappa shape index (κ1) is 13.9. The molecule has 2 aromatic rings. The van der Waals surface area contributed by atoms with E-state index in [1.54, 1.807) is 0 Å². The molecule has 0 bridgehead atoms. The fourth-order valence-corrected chi connectivity index (χ4v) is 2.13. The minimum atomic E-state index is 0.537. The molecule has 3 heteroatoms. The number of para-hydroxylation sites is 1. The lowest BCUT2D eigenvalue weighted by Crippen LogP contribution is -2.10. The molecule has 2 rings (SSSR count). The molecule has 2 nitrogen and oxygen atoms in total. The van der Waals surface area contributed by atoms with Gasteiger partial charge in [0.05, 0.1) is 0 Å². The van der Waals surface area contributed by atoms with Gasteiger partial charge in [-0.3, -0.25) is 0 Å². The van der Waals surface area contributed by atoms with Crippen LogP contribution < -0.4 is 9.47 Å². The zero-order chi connectivity index (χ0) is 13.7. The Balaban J connectivity index is 1.82. The van der Waals surface area contributed by atoms with E-state index in [4.69, 9.17) is 9.47 Å². The van der Waals surface area contributed by atoms with Crippen molar-refractivity contribution < 1.29 is 9.47 Å². The number of benzene rings is 2. The van der Waals surface area contributed by atoms with Gasteiger partial charge in [0.2, 0.25) is 0 Å². The Hall–Kier alpha value is -1.48. The molecule has 100 valence electrons. The summed E-state index contributed by atoms with van der Waals surface area (Å²) < 4.78 is 12.4. The highest BCUT2D eigenvalue weighted by Gasteiger charge is 2.02. The minimum absolute atomic E-state index is 0.537. The second kappa shape index (κ2) is 6.62. The number of hydrogen-bond acceptors (Lipinski definition) is 2. The first-order valence-electron chi connectivity index (χ1n) is 6.24. The quantitative estimate of drug-likeness (QED) is 0.754. The summed E-state index contributed by atoms with van der Waals surface area (Å²) in [4.78, 5) is 0. The number of ether oxygens (including phenoxy) is 2. The van der Waals surface area contributed by atoms with Crippen molar-refractivity contribution >= 4 is 15.9 Å². The predicted octanol–water partition coefficient (Wildman–Crippen LogP) is 4.52. The van der Waals surface area contributed by atoms with E-state index in [0.29, 0.717) is 13.2 Å². The Bertz CT molecular complexity index is 515. The van der Waals surface area contributed by atoms with E-state index in [-0.39, 0.29) is 0 Å². The molecular formula is C16H17BrO2. The van der Waals surface area contributed by atoms with Gasteiger partial charge < -0.3 is 9.47 Å². The number of aryl methyl sites for hydroxylation is 2. The zero-order valence-corrected chi connectivity index (χ0v) is 12.7. The molecule has 0 atom stereocenters. The lowest BCUT2D eigenvalue weighted by molar-refractivity contribution is 0.215. The highest BCUT2D eigenvalue weighted by atomic mass is 79.9. The summed E-state index contributed by atoms with van der Waals surface area (Å²) in [5.41, 5.74) is 2.31. The van der Waals surface area contributed by atoms with Gasteiger partial charge in [0.25, 0.3) is 0 Å². The summed E-state index contributed by atoms with van der Waals surface area (Å²) in [6, 6.07) is 13.9. The van der Waals surface area contributed by atoms with E-state index in [1.165, 1.54) is 0 Å². The second-order valence-corrected chi connectivity index (χ2v) is 5.29. The smallest absolute Gasteiger partial charge is 0.125 e. The van der Waals surface area contributed by atoms with Crippen molar-refractivity contribution in [3.05, 3.63) is 58.1 Å². The lowest BCUT2D eigenvalue weighted by atomic mass is 10.1. The molecule has 0 amide bonds. The average Bonchev–Trinajstić information content (AvgIpc) is 2.39. The Morgan fingerprint density at radius 2 is 1.42 bits per heavy atom. The van der Waals surface area contributed by atoms with Crippen LogP contribution in [0.1, 0.15) is 11.1 Å². The summed E-state index contributed by atoms with van der Waals surface area (Å²) in [6.07, 6.45) is 0. The highest BCUT2D eigenvalue weighted by Crippen LogP contribution is 2.22. The fraction of sp³-hybridized carbons (Fsp3) is 0.250. The van der Waals surface area contributed by atoms with Crippen molar-refractivity contribution in [2.24, 2.45) is 0 Å². The van der Waals surface area contributed by atoms with Crippen molar-refractivity contribution in [1.29, 1.82) is 0 Å². The van der Waals surface area contributed by atoms with Crippen LogP contribution in [0.2, 0.25) is 0 Å². The number of rotatable bonds is 5. The Labute approximate surface area is 122 Å². The van der Waals surface area contributed by atoms with Crippen molar-refractivity contribution in [2.75, 3.05) is 13.2 Å². The van der Waals surface area contributed by atoms with Crippen LogP contribution in [0.25, 0.3) is 0 Å². The number of hydrogen-bond donors (Lipinski definition) is 0. The topological polar surface area (TPSA) is 18.5 Å². The summed E-state index contributed by atoms with van der Waals surface area (Å²) >= 11 is 3.39. The van der Waals surface area contributed by atoms with E-state index >= 15 is 0 Å². The fourth-order valence-electron chi connectivity index (χ4n) is 1.86. The average molecular weight is 321 g/mol. The normalized spacial score (nSPS) is 10.3. The van der Waals surface area contributed by atoms with Crippen LogP contribution in [-0.2, 0) is 0 Å². The molecule has 0 fully saturated rings. The molecule has 2 aromatic carbocycles. The molecule has 0 N–H and O–H groups in total. The molecule has 0 unspecified atom stereocenters. The molecular weight excluding hydrogens is 304 g/mol. The third kappa shape index (κ3) is 4.00. The molecule has 0 spiro atoms. The van der Waals surface area contributed by atoms with Crippen LogP contribution in [0, 0.1) is 13.8 Å². The molecule has 0 saturated heterocycles. The molecule has 0 aliphatic rings. The van der Waals surface area contributed by atoms with Gasteiger partial charge in [-0.2, -0.15) is 0 Å². The van der Waals surface area contributed by atoms with E-state index in [1.807, 2.05) is 30.3 Å². The monoisotopic (exact) mass is 320 g/mol. The van der Waals surface area contributed by atoms with Crippen LogP contribution in [0.4, 0.5) is 0 Å². The van der Waals surface area contributed by atoms with E-state index < -0.39 is 0 Å². The van der Waals surface area contributed by atoms with Crippen molar-refractivity contribution in [2.45, 2.75) is 13.8 Å². The second-order valence-electron chi connectivity index (χ2n) is 4.37. The first-order valence-corrected chi connectivity index (χ1v) is 7.03. The third-order valence-electron chi connectivity index (χ3n) is 2.82. The molecule has 0 aliphatic carbocycles. The van der Waals surface area contributed by atoms with Crippen molar-refractivity contribution in [1.82, 2.24) is 0 Å². The van der Waals surface area contributed by atoms with Crippen molar-refractivity contribution in [3.8, 4) is 11.5 Å². The molecule has 19 heavy (non-hydrogen) atoms. The van der Waals surface area contributed by atoms with Gasteiger partial charge >= 0.3 is 0 Å². The summed E-state index contributed by atoms with van der Waals surface area (Å²) in [7, 11) is 0. The van der Waals surface area contributed by atoms with Gasteiger partial charge in [-0.1, -0.05) is 34.1 Å². The maximum atomic E-state index is 5.78. The van der Waals surface area contributed by atoms with Crippen LogP contribution >= 0.6 is 15.9 Å². The van der Waals surface area contributed by atoms with Gasteiger partial charge in [0.1, 0.15) is 24.7 Å². The van der Waals surface area contributed by atoms with E-state index in [0.717, 1.165) is 27.1 Å². The van der Waals surface area contributed by atoms with Crippen LogP contribution in [0.5, 0.6) is 11.5 Å². The standard InChI is InChI=1S/C16H17BrO2/c1-12-4-3-5-13(2)16(12)19-11-10-18-15-8-6-14(17)7-9-15/h3-9H,10-11H2,1-2H3. The molecule has 0 aliphatic heterocycles. The summed E-state index contributed by atoms with van der Waals surface area (Å²) in [5, 5.41) is 0. The Kier molecular flexibility index (Phi) is 4.86. The van der Waals surface area contributed by atoms with Gasteiger partial charge in [0.15, 0.2) is 0 Å². The van der Waals surface area contributed by atoms with E-state index in [9.17, 15) is 0 Å². The SMILES string of the molecule is Cc1cccc(C)c1OCCOc1ccc(Br)cc1. The highest BCUT2D eigenvalue weighted by molar-refractivity contribution is 9.10. The van der Waals surface area contributed by atoms with Crippen LogP contribution in [0.15, 0.2) is 46.9 Å². The van der Waals surface area contributed by atoms with Gasteiger partial charge in [-0.25, -0.2) is 0 Å². The van der Waals surface area contributed by atoms with Gasteiger partial charge in [0, 0.05) is 4.47 Å². The first-order chi connectivity index (χ1) is 9.16. The van der Waals surface area contributed by atoms with Crippen molar-refractivity contribution in [3.63, 3.8) is 0 Å². The lowest BCUT2D eigenvalue weighted by Gasteiger charge is -2.12. The third-order valence-corrected chi connectivity index (χ3v) is 3.35. The maximum absolute atomic E-state index is 5.78. The maximum Gasteiger partial charge on any atom is 0.125 e. The van der Waals surface area contributed by atoms with Gasteiger partial charge in [-0.05, 0) is 49.2 Å². The van der Waals surface area contributed by atoms with Crippen LogP contribution in [-0.4, -0.2) is 13.2 Å². The molecule has 0 radical (unpaired) electrons. The minimum Gasteiger partial charge on any atom is -0.490 e. The summed E-state index contributed by atoms with van der Waals surface area (Å²) in [6.45, 7) is 5.19. The molecule has 0 saturated carbocycles. The van der Waals surface area contributed by atoms with E-state index in [2.05, 4.69) is 41.9 Å². The predicted molar refractivity (Wildman–Crippen MR) is 81.0 cm³/mol. The zero-order valence-electron chi connectivity index (χ0n) is 11.2. The Morgan fingerprint density at radius 1 is 0.842 bits per heavy atom.